The molecule has 0 bridgehead atoms. The summed E-state index contributed by atoms with van der Waals surface area (Å²) in [6.07, 6.45) is 1.99. The molecule has 0 radical (unpaired) electrons. The van der Waals surface area contributed by atoms with Gasteiger partial charge in [0.1, 0.15) is 5.75 Å². The van der Waals surface area contributed by atoms with Crippen molar-refractivity contribution in [1.29, 1.82) is 0 Å². The van der Waals surface area contributed by atoms with Crippen molar-refractivity contribution in [1.82, 2.24) is 10.2 Å². The summed E-state index contributed by atoms with van der Waals surface area (Å²) >= 11 is 0. The van der Waals surface area contributed by atoms with Crippen LogP contribution in [0.4, 0.5) is 5.69 Å². The van der Waals surface area contributed by atoms with E-state index in [1.807, 2.05) is 12.1 Å². The maximum atomic E-state index is 6.02. The Balaban J connectivity index is 2.27. The molecule has 3 N–H and O–H groups in total. The van der Waals surface area contributed by atoms with E-state index in [1.54, 1.807) is 0 Å². The topological polar surface area (TPSA) is 50.5 Å². The minimum atomic E-state index is 0.719. The maximum absolute atomic E-state index is 6.02. The third kappa shape index (κ3) is 6.82. The molecule has 0 saturated heterocycles. The minimum Gasteiger partial charge on any atom is -0.491 e. The summed E-state index contributed by atoms with van der Waals surface area (Å²) < 4.78 is 5.59. The Bertz CT molecular complexity index is 392. The maximum Gasteiger partial charge on any atom is 0.142 e. The molecule has 0 heterocycles. The number of nitrogens with two attached hydrogens (primary N) is 1. The largest absolute Gasteiger partial charge is 0.491 e. The zero-order valence-corrected chi connectivity index (χ0v) is 13.8. The van der Waals surface area contributed by atoms with Crippen LogP contribution in [-0.4, -0.2) is 44.2 Å². The first-order chi connectivity index (χ1) is 10.2. The fraction of sp³-hybridized carbons (Fsp3) is 0.647. The SMILES string of the molecule is CCCOc1ccc(CCNCCN(CC)CC)cc1N. The summed E-state index contributed by atoms with van der Waals surface area (Å²) in [4.78, 5) is 2.42. The minimum absolute atomic E-state index is 0.719. The van der Waals surface area contributed by atoms with Crippen LogP contribution < -0.4 is 15.8 Å². The molecule has 0 saturated carbocycles. The number of rotatable bonds is 11. The highest BCUT2D eigenvalue weighted by Crippen LogP contribution is 2.22. The Morgan fingerprint density at radius 3 is 2.52 bits per heavy atom. The summed E-state index contributed by atoms with van der Waals surface area (Å²) in [6, 6.07) is 6.11. The first kappa shape index (κ1) is 17.8. The molecule has 1 aromatic rings. The molecule has 0 aliphatic rings. The van der Waals surface area contributed by atoms with Crippen LogP contribution in [0.3, 0.4) is 0 Å². The quantitative estimate of drug-likeness (QED) is 0.486. The van der Waals surface area contributed by atoms with Crippen LogP contribution in [0.5, 0.6) is 5.75 Å². The molecule has 0 spiro atoms. The molecule has 0 amide bonds. The predicted octanol–water partition coefficient (Wildman–Crippen LogP) is 2.53. The number of hydrogen-bond donors (Lipinski definition) is 2. The van der Waals surface area contributed by atoms with Gasteiger partial charge in [-0.25, -0.2) is 0 Å². The second-order valence-corrected chi connectivity index (χ2v) is 5.25. The summed E-state index contributed by atoms with van der Waals surface area (Å²) in [5.74, 6) is 0.801. The molecule has 0 aromatic heterocycles. The van der Waals surface area contributed by atoms with E-state index in [0.29, 0.717) is 0 Å². The number of nitrogens with zero attached hydrogens (tertiary/aromatic N) is 1. The van der Waals surface area contributed by atoms with Crippen molar-refractivity contribution < 1.29 is 4.74 Å². The molecule has 4 heteroatoms. The van der Waals surface area contributed by atoms with Gasteiger partial charge >= 0.3 is 0 Å². The van der Waals surface area contributed by atoms with Crippen molar-refractivity contribution in [2.45, 2.75) is 33.6 Å². The van der Waals surface area contributed by atoms with Gasteiger partial charge in [-0.3, -0.25) is 0 Å². The molecule has 120 valence electrons. The average molecular weight is 293 g/mol. The molecule has 4 nitrogen and oxygen atoms in total. The van der Waals surface area contributed by atoms with Crippen molar-refractivity contribution in [2.24, 2.45) is 0 Å². The number of nitrogens with one attached hydrogen (secondary N) is 1. The number of hydrogen-bond acceptors (Lipinski definition) is 4. The lowest BCUT2D eigenvalue weighted by atomic mass is 10.1. The van der Waals surface area contributed by atoms with Gasteiger partial charge in [0, 0.05) is 13.1 Å². The number of likely N-dealkylation sites (N-methyl/N-ethyl adjacent to an activating group) is 1. The van der Waals surface area contributed by atoms with Gasteiger partial charge in [0.25, 0.3) is 0 Å². The fourth-order valence-electron chi connectivity index (χ4n) is 2.23. The number of nitrogen functional groups attached to an aromatic ring is 1. The average Bonchev–Trinajstić information content (AvgIpc) is 2.50. The van der Waals surface area contributed by atoms with Gasteiger partial charge in [-0.2, -0.15) is 0 Å². The van der Waals surface area contributed by atoms with Gasteiger partial charge < -0.3 is 20.7 Å². The van der Waals surface area contributed by atoms with Crippen molar-refractivity contribution >= 4 is 5.69 Å². The second-order valence-electron chi connectivity index (χ2n) is 5.25. The summed E-state index contributed by atoms with van der Waals surface area (Å²) in [5.41, 5.74) is 8.01. The molecular weight excluding hydrogens is 262 g/mol. The predicted molar refractivity (Wildman–Crippen MR) is 91.0 cm³/mol. The van der Waals surface area contributed by atoms with E-state index in [1.165, 1.54) is 5.56 Å². The van der Waals surface area contributed by atoms with Crippen LogP contribution >= 0.6 is 0 Å². The van der Waals surface area contributed by atoms with Gasteiger partial charge in [0.2, 0.25) is 0 Å². The second kappa shape index (κ2) is 10.5. The zero-order valence-electron chi connectivity index (χ0n) is 13.8. The highest BCUT2D eigenvalue weighted by atomic mass is 16.5. The van der Waals surface area contributed by atoms with Crippen LogP contribution in [0, 0.1) is 0 Å². The lowest BCUT2D eigenvalue weighted by Crippen LogP contribution is -2.32. The molecular formula is C17H31N3O. The van der Waals surface area contributed by atoms with E-state index in [4.69, 9.17) is 10.5 Å². The van der Waals surface area contributed by atoms with E-state index < -0.39 is 0 Å². The van der Waals surface area contributed by atoms with Crippen molar-refractivity contribution in [3.63, 3.8) is 0 Å². The summed E-state index contributed by atoms with van der Waals surface area (Å²) in [6.45, 7) is 12.6. The van der Waals surface area contributed by atoms with Gasteiger partial charge in [-0.15, -0.1) is 0 Å². The highest BCUT2D eigenvalue weighted by molar-refractivity contribution is 5.54. The first-order valence-electron chi connectivity index (χ1n) is 8.15. The van der Waals surface area contributed by atoms with Gasteiger partial charge in [0.05, 0.1) is 12.3 Å². The van der Waals surface area contributed by atoms with Crippen LogP contribution in [0.2, 0.25) is 0 Å². The highest BCUT2D eigenvalue weighted by Gasteiger charge is 2.02. The molecule has 21 heavy (non-hydrogen) atoms. The molecule has 0 aliphatic heterocycles. The Morgan fingerprint density at radius 2 is 1.90 bits per heavy atom. The van der Waals surface area contributed by atoms with Gasteiger partial charge in [-0.05, 0) is 50.2 Å². The molecule has 0 unspecified atom stereocenters. The van der Waals surface area contributed by atoms with E-state index >= 15 is 0 Å². The van der Waals surface area contributed by atoms with Crippen LogP contribution in [0.25, 0.3) is 0 Å². The first-order valence-corrected chi connectivity index (χ1v) is 8.15. The van der Waals surface area contributed by atoms with Crippen LogP contribution in [0.15, 0.2) is 18.2 Å². The number of anilines is 1. The van der Waals surface area contributed by atoms with Crippen LogP contribution in [-0.2, 0) is 6.42 Å². The smallest absolute Gasteiger partial charge is 0.142 e. The van der Waals surface area contributed by atoms with E-state index in [2.05, 4.69) is 37.1 Å². The Hall–Kier alpha value is -1.26. The van der Waals surface area contributed by atoms with Gasteiger partial charge in [-0.1, -0.05) is 26.8 Å². The van der Waals surface area contributed by atoms with E-state index in [9.17, 15) is 0 Å². The fourth-order valence-corrected chi connectivity index (χ4v) is 2.23. The summed E-state index contributed by atoms with van der Waals surface area (Å²) in [7, 11) is 0. The lowest BCUT2D eigenvalue weighted by molar-refractivity contribution is 0.303. The number of ether oxygens (including phenoxy) is 1. The Morgan fingerprint density at radius 1 is 1.14 bits per heavy atom. The third-order valence-electron chi connectivity index (χ3n) is 3.63. The van der Waals surface area contributed by atoms with E-state index in [0.717, 1.165) is 63.6 Å². The molecule has 1 aromatic carbocycles. The Labute approximate surface area is 129 Å². The summed E-state index contributed by atoms with van der Waals surface area (Å²) in [5, 5.41) is 3.49. The monoisotopic (exact) mass is 293 g/mol. The normalized spacial score (nSPS) is 11.0. The third-order valence-corrected chi connectivity index (χ3v) is 3.63. The van der Waals surface area contributed by atoms with Crippen molar-refractivity contribution in [3.05, 3.63) is 23.8 Å². The van der Waals surface area contributed by atoms with Crippen molar-refractivity contribution in [3.8, 4) is 5.75 Å². The molecule has 1 rings (SSSR count). The Kier molecular flexibility index (Phi) is 8.87. The standard InChI is InChI=1S/C17H31N3O/c1-4-13-21-17-8-7-15(14-16(17)18)9-10-19-11-12-20(5-2)6-3/h7-8,14,19H,4-6,9-13,18H2,1-3H3. The molecule has 0 aliphatic carbocycles. The van der Waals surface area contributed by atoms with Crippen LogP contribution in [0.1, 0.15) is 32.8 Å². The zero-order chi connectivity index (χ0) is 15.5. The lowest BCUT2D eigenvalue weighted by Gasteiger charge is -2.18. The van der Waals surface area contributed by atoms with Gasteiger partial charge in [0.15, 0.2) is 0 Å². The molecule has 0 atom stereocenters. The molecule has 0 fully saturated rings. The van der Waals surface area contributed by atoms with E-state index in [-0.39, 0.29) is 0 Å². The van der Waals surface area contributed by atoms with Crippen molar-refractivity contribution in [2.75, 3.05) is 45.1 Å². The number of benzene rings is 1.